The van der Waals surface area contributed by atoms with Crippen molar-refractivity contribution >= 4 is 33.6 Å². The highest BCUT2D eigenvalue weighted by Crippen LogP contribution is 2.47. The van der Waals surface area contributed by atoms with Gasteiger partial charge in [0.25, 0.3) is 0 Å². The normalized spacial score (nSPS) is 24.7. The first-order valence-corrected chi connectivity index (χ1v) is 11.2. The molecule has 1 aromatic rings. The highest BCUT2D eigenvalue weighted by atomic mass is 35.5. The molecule has 9 heteroatoms. The minimum absolute atomic E-state index is 0.00862. The van der Waals surface area contributed by atoms with Crippen molar-refractivity contribution in [3.8, 4) is 0 Å². The van der Waals surface area contributed by atoms with Crippen LogP contribution in [0.2, 0.25) is 5.02 Å². The van der Waals surface area contributed by atoms with Crippen LogP contribution in [-0.4, -0.2) is 49.3 Å². The van der Waals surface area contributed by atoms with Gasteiger partial charge in [0.2, 0.25) is 15.9 Å². The third-order valence-electron chi connectivity index (χ3n) is 4.90. The summed E-state index contributed by atoms with van der Waals surface area (Å²) in [5.41, 5.74) is 0.323. The van der Waals surface area contributed by atoms with Crippen LogP contribution in [0.15, 0.2) is 24.3 Å². The van der Waals surface area contributed by atoms with Crippen molar-refractivity contribution < 1.29 is 22.7 Å². The number of ether oxygens (including phenoxy) is 1. The SMILES string of the molecule is CC(C)(C)OC(=O)N1CC[C@H](S(=O)(=O)NC(=O)[C@@H]2C[C@H]2c2ccc(Cl)cc2)C1. The molecule has 1 saturated heterocycles. The van der Waals surface area contributed by atoms with E-state index in [1.165, 1.54) is 4.90 Å². The van der Waals surface area contributed by atoms with E-state index in [1.54, 1.807) is 32.9 Å². The molecule has 2 aliphatic rings. The van der Waals surface area contributed by atoms with Gasteiger partial charge in [-0.1, -0.05) is 23.7 Å². The smallest absolute Gasteiger partial charge is 0.410 e. The number of nitrogens with one attached hydrogen (secondary N) is 1. The van der Waals surface area contributed by atoms with Crippen LogP contribution in [0, 0.1) is 5.92 Å². The van der Waals surface area contributed by atoms with Crippen molar-refractivity contribution in [1.29, 1.82) is 0 Å². The van der Waals surface area contributed by atoms with Gasteiger partial charge >= 0.3 is 6.09 Å². The zero-order valence-electron chi connectivity index (χ0n) is 16.1. The maximum Gasteiger partial charge on any atom is 0.410 e. The second kappa shape index (κ2) is 7.55. The first-order chi connectivity index (χ1) is 13.0. The van der Waals surface area contributed by atoms with Gasteiger partial charge in [0.05, 0.1) is 5.25 Å². The third-order valence-corrected chi connectivity index (χ3v) is 6.90. The number of benzene rings is 1. The van der Waals surface area contributed by atoms with Gasteiger partial charge in [-0.25, -0.2) is 13.2 Å². The number of rotatable bonds is 4. The molecule has 28 heavy (non-hydrogen) atoms. The summed E-state index contributed by atoms with van der Waals surface area (Å²) in [5.74, 6) is -0.843. The number of likely N-dealkylation sites (tertiary alicyclic amines) is 1. The fourth-order valence-electron chi connectivity index (χ4n) is 3.34. The lowest BCUT2D eigenvalue weighted by Gasteiger charge is -2.24. The first kappa shape index (κ1) is 20.9. The molecule has 0 aromatic heterocycles. The summed E-state index contributed by atoms with van der Waals surface area (Å²) in [4.78, 5) is 25.9. The van der Waals surface area contributed by atoms with Crippen molar-refractivity contribution in [2.24, 2.45) is 5.92 Å². The molecule has 7 nitrogen and oxygen atoms in total. The minimum Gasteiger partial charge on any atom is -0.444 e. The summed E-state index contributed by atoms with van der Waals surface area (Å²) < 4.78 is 32.7. The lowest BCUT2D eigenvalue weighted by molar-refractivity contribution is -0.120. The van der Waals surface area contributed by atoms with Gasteiger partial charge in [0, 0.05) is 24.0 Å². The van der Waals surface area contributed by atoms with Crippen LogP contribution >= 0.6 is 11.6 Å². The molecule has 3 rings (SSSR count). The summed E-state index contributed by atoms with van der Waals surface area (Å²) in [5, 5.41) is -0.208. The van der Waals surface area contributed by atoms with Crippen LogP contribution in [0.25, 0.3) is 0 Å². The summed E-state index contributed by atoms with van der Waals surface area (Å²) in [6, 6.07) is 7.21. The Morgan fingerprint density at radius 2 is 1.86 bits per heavy atom. The second-order valence-electron chi connectivity index (χ2n) is 8.35. The van der Waals surface area contributed by atoms with Crippen molar-refractivity contribution in [2.75, 3.05) is 13.1 Å². The molecule has 2 amide bonds. The zero-order valence-corrected chi connectivity index (χ0v) is 17.7. The van der Waals surface area contributed by atoms with Crippen molar-refractivity contribution in [1.82, 2.24) is 9.62 Å². The predicted molar refractivity (Wildman–Crippen MR) is 106 cm³/mol. The summed E-state index contributed by atoms with van der Waals surface area (Å²) in [6.45, 7) is 5.56. The number of hydrogen-bond acceptors (Lipinski definition) is 5. The molecule has 1 saturated carbocycles. The Hall–Kier alpha value is -1.80. The molecule has 3 atom stereocenters. The fourth-order valence-corrected chi connectivity index (χ4v) is 4.85. The highest BCUT2D eigenvalue weighted by molar-refractivity contribution is 7.90. The van der Waals surface area contributed by atoms with Crippen molar-refractivity contribution in [2.45, 2.75) is 50.4 Å². The fraction of sp³-hybridized carbons (Fsp3) is 0.579. The van der Waals surface area contributed by atoms with Crippen molar-refractivity contribution in [3.05, 3.63) is 34.9 Å². The molecule has 1 heterocycles. The molecule has 1 N–H and O–H groups in total. The van der Waals surface area contributed by atoms with Crippen LogP contribution in [-0.2, 0) is 19.6 Å². The Bertz CT molecular complexity index is 863. The van der Waals surface area contributed by atoms with Gasteiger partial charge in [-0.3, -0.25) is 9.52 Å². The lowest BCUT2D eigenvalue weighted by atomic mass is 10.1. The van der Waals surface area contributed by atoms with E-state index in [9.17, 15) is 18.0 Å². The van der Waals surface area contributed by atoms with Crippen LogP contribution in [0.1, 0.15) is 45.1 Å². The number of nitrogens with zero attached hydrogens (tertiary/aromatic N) is 1. The second-order valence-corrected chi connectivity index (χ2v) is 10.7. The van der Waals surface area contributed by atoms with Gasteiger partial charge in [0.15, 0.2) is 0 Å². The first-order valence-electron chi connectivity index (χ1n) is 9.25. The number of halogens is 1. The van der Waals surface area contributed by atoms with Crippen molar-refractivity contribution in [3.63, 3.8) is 0 Å². The van der Waals surface area contributed by atoms with Crippen LogP contribution < -0.4 is 4.72 Å². The molecule has 0 spiro atoms. The summed E-state index contributed by atoms with van der Waals surface area (Å²) in [6.07, 6.45) is 0.340. The Morgan fingerprint density at radius 3 is 2.46 bits per heavy atom. The van der Waals surface area contributed by atoms with Crippen LogP contribution in [0.3, 0.4) is 0 Å². The van der Waals surface area contributed by atoms with E-state index in [2.05, 4.69) is 4.72 Å². The van der Waals surface area contributed by atoms with E-state index in [0.29, 0.717) is 11.4 Å². The molecular weight excluding hydrogens is 404 g/mol. The third kappa shape index (κ3) is 4.97. The molecular formula is C19H25ClN2O5S. The Balaban J connectivity index is 1.55. The van der Waals surface area contributed by atoms with E-state index in [0.717, 1.165) is 5.56 Å². The van der Waals surface area contributed by atoms with Gasteiger partial charge in [0.1, 0.15) is 5.60 Å². The summed E-state index contributed by atoms with van der Waals surface area (Å²) >= 11 is 5.87. The van der Waals surface area contributed by atoms with E-state index in [-0.39, 0.29) is 31.3 Å². The van der Waals surface area contributed by atoms with Gasteiger partial charge < -0.3 is 9.64 Å². The molecule has 1 aliphatic carbocycles. The largest absolute Gasteiger partial charge is 0.444 e. The van der Waals surface area contributed by atoms with E-state index in [1.807, 2.05) is 12.1 Å². The number of amides is 2. The Morgan fingerprint density at radius 1 is 1.21 bits per heavy atom. The Labute approximate surface area is 170 Å². The maximum atomic E-state index is 12.6. The molecule has 1 aliphatic heterocycles. The van der Waals surface area contributed by atoms with Gasteiger partial charge in [-0.15, -0.1) is 0 Å². The minimum atomic E-state index is -3.86. The standard InChI is InChI=1S/C19H25ClN2O5S/c1-19(2,3)27-18(24)22-9-8-14(11-22)28(25,26)21-17(23)16-10-15(16)12-4-6-13(20)7-5-12/h4-7,14-16H,8-11H2,1-3H3,(H,21,23)/t14-,15-,16+/m0/s1. The van der Waals surface area contributed by atoms with Crippen LogP contribution in [0.5, 0.6) is 0 Å². The molecule has 2 fully saturated rings. The van der Waals surface area contributed by atoms with E-state index in [4.69, 9.17) is 16.3 Å². The molecule has 154 valence electrons. The van der Waals surface area contributed by atoms with Crippen LogP contribution in [0.4, 0.5) is 4.79 Å². The molecule has 0 bridgehead atoms. The average molecular weight is 429 g/mol. The monoisotopic (exact) mass is 428 g/mol. The predicted octanol–water partition coefficient (Wildman–Crippen LogP) is 2.90. The van der Waals surface area contributed by atoms with Gasteiger partial charge in [-0.05, 0) is 57.2 Å². The topological polar surface area (TPSA) is 92.8 Å². The number of carbonyl (C=O) groups excluding carboxylic acids is 2. The van der Waals surface area contributed by atoms with Gasteiger partial charge in [-0.2, -0.15) is 0 Å². The van der Waals surface area contributed by atoms with E-state index >= 15 is 0 Å². The quantitative estimate of drug-likeness (QED) is 0.795. The number of carbonyl (C=O) groups is 2. The lowest BCUT2D eigenvalue weighted by Crippen LogP contribution is -2.42. The molecule has 1 aromatic carbocycles. The molecule has 0 unspecified atom stereocenters. The maximum absolute atomic E-state index is 12.6. The average Bonchev–Trinajstić information content (AvgIpc) is 3.20. The zero-order chi connectivity index (χ0) is 20.7. The summed E-state index contributed by atoms with van der Waals surface area (Å²) in [7, 11) is -3.86. The molecule has 0 radical (unpaired) electrons. The number of hydrogen-bond donors (Lipinski definition) is 1. The van der Waals surface area contributed by atoms with E-state index < -0.39 is 32.9 Å². The number of sulfonamides is 1. The highest BCUT2D eigenvalue weighted by Gasteiger charge is 2.46. The Kier molecular flexibility index (Phi) is 5.64.